The van der Waals surface area contributed by atoms with Crippen molar-refractivity contribution in [3.05, 3.63) is 60.2 Å². The normalized spacial score (nSPS) is 13.2. The molecular weight excluding hydrogens is 398 g/mol. The van der Waals surface area contributed by atoms with Gasteiger partial charge in [0.2, 0.25) is 6.10 Å². The van der Waals surface area contributed by atoms with Gasteiger partial charge in [0.1, 0.15) is 17.6 Å². The Kier molecular flexibility index (Phi) is 10.3. The molecule has 0 radical (unpaired) electrons. The molecule has 2 aromatic carbocycles. The second-order valence-corrected chi connectivity index (χ2v) is 8.27. The van der Waals surface area contributed by atoms with Crippen molar-refractivity contribution in [2.75, 3.05) is 0 Å². The van der Waals surface area contributed by atoms with E-state index in [1.54, 1.807) is 24.3 Å². The predicted octanol–water partition coefficient (Wildman–Crippen LogP) is 7.08. The zero-order valence-corrected chi connectivity index (χ0v) is 19.5. The molecule has 4 nitrogen and oxygen atoms in total. The molecule has 3 unspecified atom stereocenters. The number of esters is 1. The first kappa shape index (κ1) is 25.0. The fourth-order valence-corrected chi connectivity index (χ4v) is 3.57. The molecular formula is C28H33NO3. The highest BCUT2D eigenvalue weighted by Gasteiger charge is 2.31. The topological polar surface area (TPSA) is 59.3 Å². The molecule has 0 amide bonds. The molecule has 4 heteroatoms. The minimum absolute atomic E-state index is 0.0505. The lowest BCUT2D eigenvalue weighted by Crippen LogP contribution is -2.29. The number of hydrogen-bond acceptors (Lipinski definition) is 4. The van der Waals surface area contributed by atoms with Crippen LogP contribution in [0.3, 0.4) is 0 Å². The van der Waals surface area contributed by atoms with Crippen LogP contribution in [0.2, 0.25) is 0 Å². The maximum absolute atomic E-state index is 13.0. The van der Waals surface area contributed by atoms with Gasteiger partial charge in [-0.3, -0.25) is 4.79 Å². The molecule has 0 aliphatic carbocycles. The summed E-state index contributed by atoms with van der Waals surface area (Å²) in [4.78, 5) is 13.0. The fraction of sp³-hybridized carbons (Fsp3) is 0.429. The highest BCUT2D eigenvalue weighted by atomic mass is 16.5. The van der Waals surface area contributed by atoms with Crippen molar-refractivity contribution in [3.63, 3.8) is 0 Å². The summed E-state index contributed by atoms with van der Waals surface area (Å²) in [5.41, 5.74) is 0.579. The van der Waals surface area contributed by atoms with Crippen LogP contribution in [0, 0.1) is 40.9 Å². The molecule has 0 fully saturated rings. The van der Waals surface area contributed by atoms with E-state index < -0.39 is 18.0 Å². The largest absolute Gasteiger partial charge is 0.457 e. The highest BCUT2D eigenvalue weighted by Crippen LogP contribution is 2.29. The molecule has 0 heterocycles. The van der Waals surface area contributed by atoms with Crippen LogP contribution in [0.5, 0.6) is 11.5 Å². The van der Waals surface area contributed by atoms with Crippen molar-refractivity contribution in [1.82, 2.24) is 0 Å². The van der Waals surface area contributed by atoms with E-state index in [0.29, 0.717) is 17.1 Å². The third kappa shape index (κ3) is 7.78. The lowest BCUT2D eigenvalue weighted by Gasteiger charge is -2.24. The van der Waals surface area contributed by atoms with Gasteiger partial charge in [-0.15, -0.1) is 5.92 Å². The van der Waals surface area contributed by atoms with Crippen molar-refractivity contribution >= 4 is 5.97 Å². The summed E-state index contributed by atoms with van der Waals surface area (Å²) in [6, 6.07) is 18.6. The lowest BCUT2D eigenvalue weighted by molar-refractivity contribution is -0.154. The van der Waals surface area contributed by atoms with E-state index in [2.05, 4.69) is 24.8 Å². The summed E-state index contributed by atoms with van der Waals surface area (Å²) in [6.45, 7) is 8.08. The van der Waals surface area contributed by atoms with Crippen molar-refractivity contribution in [2.24, 2.45) is 17.8 Å². The molecule has 168 valence electrons. The number of carbonyl (C=O) groups excluding carboxylic acids is 1. The molecule has 0 N–H and O–H groups in total. The van der Waals surface area contributed by atoms with Gasteiger partial charge in [-0.05, 0) is 36.6 Å². The number of carbonyl (C=O) groups is 1. The molecule has 3 atom stereocenters. The van der Waals surface area contributed by atoms with Crippen LogP contribution in [-0.4, -0.2) is 5.97 Å². The summed E-state index contributed by atoms with van der Waals surface area (Å²) >= 11 is 0. The quantitative estimate of drug-likeness (QED) is 0.229. The molecule has 0 aliphatic rings. The van der Waals surface area contributed by atoms with Gasteiger partial charge in [-0.1, -0.05) is 76.8 Å². The van der Waals surface area contributed by atoms with Crippen LogP contribution in [0.15, 0.2) is 54.6 Å². The van der Waals surface area contributed by atoms with Gasteiger partial charge in [0.15, 0.2) is 0 Å². The molecule has 32 heavy (non-hydrogen) atoms. The average molecular weight is 432 g/mol. The summed E-state index contributed by atoms with van der Waals surface area (Å²) in [5.74, 6) is 6.81. The maximum atomic E-state index is 13.0. The van der Waals surface area contributed by atoms with Crippen LogP contribution in [0.4, 0.5) is 0 Å². The summed E-state index contributed by atoms with van der Waals surface area (Å²) in [5, 5.41) is 9.70. The Balaban J connectivity index is 2.09. The predicted molar refractivity (Wildman–Crippen MR) is 127 cm³/mol. The highest BCUT2D eigenvalue weighted by molar-refractivity contribution is 5.74. The average Bonchev–Trinajstić information content (AvgIpc) is 2.78. The van der Waals surface area contributed by atoms with E-state index in [1.165, 1.54) is 0 Å². The summed E-state index contributed by atoms with van der Waals surface area (Å²) in [6.07, 6.45) is 3.23. The molecule has 0 aliphatic heterocycles. The van der Waals surface area contributed by atoms with E-state index in [9.17, 15) is 10.1 Å². The van der Waals surface area contributed by atoms with E-state index in [0.717, 1.165) is 25.7 Å². The zero-order chi connectivity index (χ0) is 23.3. The van der Waals surface area contributed by atoms with Crippen molar-refractivity contribution in [2.45, 2.75) is 59.5 Å². The van der Waals surface area contributed by atoms with Crippen molar-refractivity contribution < 1.29 is 14.3 Å². The SMILES string of the molecule is CCCCCC#CC(C)C(C(=O)OC(C#N)c1cccc(Oc2ccccc2)c1)C(C)C. The summed E-state index contributed by atoms with van der Waals surface area (Å²) < 4.78 is 11.5. The van der Waals surface area contributed by atoms with Gasteiger partial charge in [0.25, 0.3) is 0 Å². The van der Waals surface area contributed by atoms with Crippen LogP contribution in [-0.2, 0) is 9.53 Å². The minimum atomic E-state index is -1.01. The number of hydrogen-bond donors (Lipinski definition) is 0. The van der Waals surface area contributed by atoms with Crippen molar-refractivity contribution in [3.8, 4) is 29.4 Å². The van der Waals surface area contributed by atoms with Gasteiger partial charge in [-0.25, -0.2) is 0 Å². The third-order valence-electron chi connectivity index (χ3n) is 5.26. The van der Waals surface area contributed by atoms with E-state index >= 15 is 0 Å². The van der Waals surface area contributed by atoms with E-state index in [1.807, 2.05) is 51.1 Å². The van der Waals surface area contributed by atoms with Crippen LogP contribution < -0.4 is 4.74 Å². The Morgan fingerprint density at radius 2 is 1.72 bits per heavy atom. The molecule has 2 aromatic rings. The Morgan fingerprint density at radius 1 is 1.00 bits per heavy atom. The second-order valence-electron chi connectivity index (χ2n) is 8.27. The van der Waals surface area contributed by atoms with E-state index in [-0.39, 0.29) is 11.8 Å². The third-order valence-corrected chi connectivity index (χ3v) is 5.26. The van der Waals surface area contributed by atoms with Gasteiger partial charge in [0.05, 0.1) is 5.92 Å². The molecule has 0 saturated carbocycles. The molecule has 0 spiro atoms. The lowest BCUT2D eigenvalue weighted by atomic mass is 9.84. The number of ether oxygens (including phenoxy) is 2. The number of rotatable bonds is 10. The number of nitriles is 1. The van der Waals surface area contributed by atoms with E-state index in [4.69, 9.17) is 9.47 Å². The first-order valence-corrected chi connectivity index (χ1v) is 11.4. The number of para-hydroxylation sites is 1. The van der Waals surface area contributed by atoms with Gasteiger partial charge in [0, 0.05) is 17.9 Å². The summed E-state index contributed by atoms with van der Waals surface area (Å²) in [7, 11) is 0. The molecule has 0 aromatic heterocycles. The Bertz CT molecular complexity index is 950. The first-order chi connectivity index (χ1) is 15.5. The monoisotopic (exact) mass is 431 g/mol. The Morgan fingerprint density at radius 3 is 2.38 bits per heavy atom. The van der Waals surface area contributed by atoms with Crippen LogP contribution in [0.25, 0.3) is 0 Å². The Labute approximate surface area is 192 Å². The molecule has 0 bridgehead atoms. The number of benzene rings is 2. The van der Waals surface area contributed by atoms with Gasteiger partial charge >= 0.3 is 5.97 Å². The van der Waals surface area contributed by atoms with Crippen LogP contribution >= 0.6 is 0 Å². The number of nitrogens with zero attached hydrogens (tertiary/aromatic N) is 1. The van der Waals surface area contributed by atoms with Gasteiger partial charge < -0.3 is 9.47 Å². The molecule has 2 rings (SSSR count). The first-order valence-electron chi connectivity index (χ1n) is 11.4. The second kappa shape index (κ2) is 13.2. The smallest absolute Gasteiger partial charge is 0.312 e. The van der Waals surface area contributed by atoms with Crippen LogP contribution in [0.1, 0.15) is 65.0 Å². The fourth-order valence-electron chi connectivity index (χ4n) is 3.57. The Hall–Kier alpha value is -3.24. The van der Waals surface area contributed by atoms with Crippen molar-refractivity contribution in [1.29, 1.82) is 5.26 Å². The standard InChI is InChI=1S/C28H33NO3/c1-5-6-7-8-10-14-22(4)27(21(2)3)28(30)32-26(20-29)23-15-13-18-25(19-23)31-24-16-11-9-12-17-24/h9,11-13,15-19,21-22,26-27H,5-8H2,1-4H3. The van der Waals surface area contributed by atoms with Gasteiger partial charge in [-0.2, -0.15) is 5.26 Å². The maximum Gasteiger partial charge on any atom is 0.312 e. The minimum Gasteiger partial charge on any atom is -0.457 e. The molecule has 0 saturated heterocycles. The number of unbranched alkanes of at least 4 members (excludes halogenated alkanes) is 3. The zero-order valence-electron chi connectivity index (χ0n) is 19.5.